The van der Waals surface area contributed by atoms with E-state index in [2.05, 4.69) is 5.32 Å². The van der Waals surface area contributed by atoms with Gasteiger partial charge in [-0.05, 0) is 12.5 Å². The molecule has 1 amide bonds. The van der Waals surface area contributed by atoms with Crippen molar-refractivity contribution in [1.29, 1.82) is 0 Å². The lowest BCUT2D eigenvalue weighted by atomic mass is 10.0. The molecule has 1 aliphatic rings. The molecule has 2 rings (SSSR count). The van der Waals surface area contributed by atoms with E-state index in [-0.39, 0.29) is 18.2 Å². The second-order valence-corrected chi connectivity index (χ2v) is 3.17. The average molecular weight is 177 g/mol. The van der Waals surface area contributed by atoms with Gasteiger partial charge in [-0.25, -0.2) is 4.79 Å². The minimum absolute atomic E-state index is 0.0508. The highest BCUT2D eigenvalue weighted by Gasteiger charge is 2.31. The predicted octanol–water partition coefficient (Wildman–Crippen LogP) is 1.86. The lowest BCUT2D eigenvalue weighted by Gasteiger charge is -2.12. The lowest BCUT2D eigenvalue weighted by molar-refractivity contribution is 0.134. The van der Waals surface area contributed by atoms with Crippen LogP contribution in [-0.4, -0.2) is 12.1 Å². The molecule has 0 radical (unpaired) electrons. The van der Waals surface area contributed by atoms with E-state index in [0.717, 1.165) is 5.56 Å². The number of ether oxygens (including phenoxy) is 1. The first kappa shape index (κ1) is 8.10. The van der Waals surface area contributed by atoms with Crippen molar-refractivity contribution in [2.75, 3.05) is 0 Å². The first-order valence-electron chi connectivity index (χ1n) is 4.29. The van der Waals surface area contributed by atoms with Crippen molar-refractivity contribution in [3.8, 4) is 0 Å². The van der Waals surface area contributed by atoms with Gasteiger partial charge in [-0.2, -0.15) is 0 Å². The van der Waals surface area contributed by atoms with Crippen molar-refractivity contribution in [2.45, 2.75) is 19.1 Å². The molecule has 0 bridgehead atoms. The third-order valence-corrected chi connectivity index (χ3v) is 2.16. The van der Waals surface area contributed by atoms with E-state index >= 15 is 0 Å². The normalized spacial score (nSPS) is 26.7. The molecule has 2 atom stereocenters. The summed E-state index contributed by atoms with van der Waals surface area (Å²) in [6.07, 6.45) is -0.477. The Bertz CT molecular complexity index is 310. The number of carbonyl (C=O) groups is 1. The Labute approximate surface area is 76.7 Å². The van der Waals surface area contributed by atoms with Crippen molar-refractivity contribution < 1.29 is 9.53 Å². The molecule has 0 spiro atoms. The number of nitrogens with one attached hydrogen (secondary N) is 1. The number of amides is 1. The van der Waals surface area contributed by atoms with Crippen LogP contribution in [0.15, 0.2) is 30.3 Å². The zero-order valence-corrected chi connectivity index (χ0v) is 7.36. The summed E-state index contributed by atoms with van der Waals surface area (Å²) in [5, 5.41) is 2.70. The summed E-state index contributed by atoms with van der Waals surface area (Å²) in [6, 6.07) is 9.79. The van der Waals surface area contributed by atoms with Gasteiger partial charge in [0.05, 0.1) is 6.04 Å². The highest BCUT2D eigenvalue weighted by Crippen LogP contribution is 2.25. The van der Waals surface area contributed by atoms with Gasteiger partial charge in [-0.3, -0.25) is 0 Å². The van der Waals surface area contributed by atoms with E-state index in [1.807, 2.05) is 37.3 Å². The van der Waals surface area contributed by atoms with Crippen LogP contribution < -0.4 is 5.32 Å². The maximum absolute atomic E-state index is 10.9. The Hall–Kier alpha value is -1.51. The van der Waals surface area contributed by atoms with Crippen molar-refractivity contribution >= 4 is 6.09 Å². The Morgan fingerprint density at radius 2 is 2.00 bits per heavy atom. The SMILES string of the molecule is C[C@@H]1NC(=O)O[C@H]1c1ccccc1. The number of cyclic esters (lactones) is 1. The quantitative estimate of drug-likeness (QED) is 0.711. The molecule has 0 aromatic heterocycles. The molecular weight excluding hydrogens is 166 g/mol. The summed E-state index contributed by atoms with van der Waals surface area (Å²) in [7, 11) is 0. The van der Waals surface area contributed by atoms with E-state index in [1.54, 1.807) is 0 Å². The molecule has 1 aromatic rings. The highest BCUT2D eigenvalue weighted by molar-refractivity contribution is 5.70. The molecule has 3 nitrogen and oxygen atoms in total. The third-order valence-electron chi connectivity index (χ3n) is 2.16. The van der Waals surface area contributed by atoms with Gasteiger partial charge in [0.15, 0.2) is 0 Å². The third kappa shape index (κ3) is 1.49. The van der Waals surface area contributed by atoms with E-state index in [0.29, 0.717) is 0 Å². The maximum Gasteiger partial charge on any atom is 0.408 e. The van der Waals surface area contributed by atoms with Gasteiger partial charge in [0.25, 0.3) is 0 Å². The van der Waals surface area contributed by atoms with Crippen LogP contribution in [0.4, 0.5) is 4.79 Å². The number of alkyl carbamates (subject to hydrolysis) is 1. The molecule has 1 aromatic carbocycles. The predicted molar refractivity (Wildman–Crippen MR) is 48.3 cm³/mol. The topological polar surface area (TPSA) is 38.3 Å². The van der Waals surface area contributed by atoms with Gasteiger partial charge >= 0.3 is 6.09 Å². The van der Waals surface area contributed by atoms with Crippen molar-refractivity contribution in [3.05, 3.63) is 35.9 Å². The molecule has 0 unspecified atom stereocenters. The van der Waals surface area contributed by atoms with Gasteiger partial charge < -0.3 is 10.1 Å². The fraction of sp³-hybridized carbons (Fsp3) is 0.300. The first-order chi connectivity index (χ1) is 6.27. The van der Waals surface area contributed by atoms with Crippen LogP contribution >= 0.6 is 0 Å². The number of benzene rings is 1. The molecular formula is C10H11NO2. The van der Waals surface area contributed by atoms with Crippen LogP contribution in [0.1, 0.15) is 18.6 Å². The zero-order valence-electron chi connectivity index (χ0n) is 7.36. The Kier molecular flexibility index (Phi) is 1.93. The van der Waals surface area contributed by atoms with Crippen LogP contribution in [-0.2, 0) is 4.74 Å². The van der Waals surface area contributed by atoms with E-state index in [9.17, 15) is 4.79 Å². The van der Waals surface area contributed by atoms with E-state index < -0.39 is 0 Å². The molecule has 0 saturated carbocycles. The van der Waals surface area contributed by atoms with Gasteiger partial charge in [0.1, 0.15) is 6.10 Å². The largest absolute Gasteiger partial charge is 0.439 e. The number of hydrogen-bond donors (Lipinski definition) is 1. The Balaban J connectivity index is 2.23. The van der Waals surface area contributed by atoms with Crippen molar-refractivity contribution in [3.63, 3.8) is 0 Å². The fourth-order valence-electron chi connectivity index (χ4n) is 1.51. The zero-order chi connectivity index (χ0) is 9.26. The monoisotopic (exact) mass is 177 g/mol. The molecule has 1 aliphatic heterocycles. The van der Waals surface area contributed by atoms with Gasteiger partial charge in [0, 0.05) is 0 Å². The molecule has 1 saturated heterocycles. The second-order valence-electron chi connectivity index (χ2n) is 3.17. The highest BCUT2D eigenvalue weighted by atomic mass is 16.6. The van der Waals surface area contributed by atoms with E-state index in [1.165, 1.54) is 0 Å². The van der Waals surface area contributed by atoms with Gasteiger partial charge in [0.2, 0.25) is 0 Å². The Morgan fingerprint density at radius 3 is 2.54 bits per heavy atom. The van der Waals surface area contributed by atoms with Crippen molar-refractivity contribution in [2.24, 2.45) is 0 Å². The molecule has 68 valence electrons. The fourth-order valence-corrected chi connectivity index (χ4v) is 1.51. The van der Waals surface area contributed by atoms with Crippen LogP contribution in [0.5, 0.6) is 0 Å². The lowest BCUT2D eigenvalue weighted by Crippen LogP contribution is -2.23. The van der Waals surface area contributed by atoms with Crippen LogP contribution in [0, 0.1) is 0 Å². The van der Waals surface area contributed by atoms with E-state index in [4.69, 9.17) is 4.74 Å². The molecule has 3 heteroatoms. The van der Waals surface area contributed by atoms with Crippen LogP contribution in [0.2, 0.25) is 0 Å². The second kappa shape index (κ2) is 3.09. The first-order valence-corrected chi connectivity index (χ1v) is 4.29. The minimum Gasteiger partial charge on any atom is -0.439 e. The smallest absolute Gasteiger partial charge is 0.408 e. The number of rotatable bonds is 1. The summed E-state index contributed by atoms with van der Waals surface area (Å²) < 4.78 is 5.11. The molecule has 1 N–H and O–H groups in total. The molecule has 1 fully saturated rings. The molecule has 0 aliphatic carbocycles. The minimum atomic E-state index is -0.332. The standard InChI is InChI=1S/C10H11NO2/c1-7-9(13-10(12)11-7)8-5-3-2-4-6-8/h2-7,9H,1H3,(H,11,12)/t7-,9+/m0/s1. The van der Waals surface area contributed by atoms with Crippen molar-refractivity contribution in [1.82, 2.24) is 5.32 Å². The Morgan fingerprint density at radius 1 is 1.31 bits per heavy atom. The summed E-state index contributed by atoms with van der Waals surface area (Å²) in [6.45, 7) is 1.93. The van der Waals surface area contributed by atoms with Crippen LogP contribution in [0.3, 0.4) is 0 Å². The summed E-state index contributed by atoms with van der Waals surface area (Å²) in [5.74, 6) is 0. The van der Waals surface area contributed by atoms with Gasteiger partial charge in [-0.1, -0.05) is 30.3 Å². The maximum atomic E-state index is 10.9. The number of carbonyl (C=O) groups excluding carboxylic acids is 1. The molecule has 1 heterocycles. The molecule has 13 heavy (non-hydrogen) atoms. The summed E-state index contributed by atoms with van der Waals surface area (Å²) in [4.78, 5) is 10.9. The van der Waals surface area contributed by atoms with Gasteiger partial charge in [-0.15, -0.1) is 0 Å². The number of hydrogen-bond acceptors (Lipinski definition) is 2. The van der Waals surface area contributed by atoms with Crippen LogP contribution in [0.25, 0.3) is 0 Å². The summed E-state index contributed by atoms with van der Waals surface area (Å²) >= 11 is 0. The summed E-state index contributed by atoms with van der Waals surface area (Å²) in [5.41, 5.74) is 1.04. The average Bonchev–Trinajstić information content (AvgIpc) is 2.47.